The maximum absolute atomic E-state index is 12.3. The molecule has 1 aliphatic rings. The van der Waals surface area contributed by atoms with Crippen molar-refractivity contribution in [2.24, 2.45) is 5.92 Å². The Balaban J connectivity index is 1.98. The molecule has 0 radical (unpaired) electrons. The number of halogens is 1. The van der Waals surface area contributed by atoms with Gasteiger partial charge < -0.3 is 10.2 Å². The van der Waals surface area contributed by atoms with Crippen molar-refractivity contribution in [3.8, 4) is 0 Å². The number of carbonyl (C=O) groups excluding carboxylic acids is 2. The number of hydrogen-bond donors (Lipinski definition) is 1. The highest BCUT2D eigenvalue weighted by molar-refractivity contribution is 6.31. The van der Waals surface area contributed by atoms with Crippen LogP contribution in [-0.2, 0) is 9.59 Å². The molecule has 1 aliphatic heterocycles. The van der Waals surface area contributed by atoms with Crippen LogP contribution in [0.2, 0.25) is 5.02 Å². The van der Waals surface area contributed by atoms with Gasteiger partial charge in [-0.25, -0.2) is 0 Å². The summed E-state index contributed by atoms with van der Waals surface area (Å²) in [4.78, 5) is 26.0. The average molecular weight is 309 g/mol. The summed E-state index contributed by atoms with van der Waals surface area (Å²) in [6, 6.07) is 5.42. The van der Waals surface area contributed by atoms with Crippen LogP contribution in [0.4, 0.5) is 5.69 Å². The first kappa shape index (κ1) is 15.8. The van der Waals surface area contributed by atoms with Gasteiger partial charge in [-0.15, -0.1) is 0 Å². The number of unbranched alkanes of at least 4 members (excludes halogenated alkanes) is 1. The van der Waals surface area contributed by atoms with Crippen LogP contribution in [0.5, 0.6) is 0 Å². The van der Waals surface area contributed by atoms with Gasteiger partial charge in [-0.1, -0.05) is 31.0 Å². The average Bonchev–Trinajstić information content (AvgIpc) is 2.83. The Morgan fingerprint density at radius 1 is 1.48 bits per heavy atom. The molecule has 114 valence electrons. The predicted octanol–water partition coefficient (Wildman–Crippen LogP) is 3.24. The van der Waals surface area contributed by atoms with E-state index in [0.29, 0.717) is 23.7 Å². The minimum atomic E-state index is -0.271. The Hall–Kier alpha value is -1.55. The number of rotatable bonds is 5. The molecule has 1 heterocycles. The molecule has 1 aromatic rings. The normalized spacial score (nSPS) is 18.1. The molecule has 1 fully saturated rings. The van der Waals surface area contributed by atoms with Crippen molar-refractivity contribution in [3.05, 3.63) is 28.8 Å². The molecule has 1 atom stereocenters. The monoisotopic (exact) mass is 308 g/mol. The number of amides is 2. The second kappa shape index (κ2) is 6.94. The fourth-order valence-corrected chi connectivity index (χ4v) is 2.67. The summed E-state index contributed by atoms with van der Waals surface area (Å²) in [5.41, 5.74) is 1.56. The third kappa shape index (κ3) is 3.76. The van der Waals surface area contributed by atoms with Gasteiger partial charge >= 0.3 is 0 Å². The summed E-state index contributed by atoms with van der Waals surface area (Å²) < 4.78 is 0. The number of nitrogens with zero attached hydrogens (tertiary/aromatic N) is 1. The minimum absolute atomic E-state index is 0.0754. The van der Waals surface area contributed by atoms with E-state index < -0.39 is 0 Å². The van der Waals surface area contributed by atoms with Crippen molar-refractivity contribution in [3.63, 3.8) is 0 Å². The van der Waals surface area contributed by atoms with E-state index in [0.717, 1.165) is 24.9 Å². The lowest BCUT2D eigenvalue weighted by atomic mass is 10.1. The summed E-state index contributed by atoms with van der Waals surface area (Å²) in [5, 5.41) is 3.51. The summed E-state index contributed by atoms with van der Waals surface area (Å²) in [6.07, 6.45) is 2.32. The van der Waals surface area contributed by atoms with E-state index in [1.165, 1.54) is 0 Å². The second-order valence-electron chi connectivity index (χ2n) is 5.50. The van der Waals surface area contributed by atoms with Crippen LogP contribution < -0.4 is 5.32 Å². The number of likely N-dealkylation sites (tertiary alicyclic amines) is 1. The summed E-state index contributed by atoms with van der Waals surface area (Å²) in [5.74, 6) is -0.299. The Morgan fingerprint density at radius 2 is 2.24 bits per heavy atom. The van der Waals surface area contributed by atoms with E-state index in [2.05, 4.69) is 12.2 Å². The molecule has 0 aliphatic carbocycles. The molecule has 2 rings (SSSR count). The highest BCUT2D eigenvalue weighted by atomic mass is 35.5. The van der Waals surface area contributed by atoms with Crippen molar-refractivity contribution in [2.75, 3.05) is 18.4 Å². The van der Waals surface area contributed by atoms with Gasteiger partial charge in [-0.3, -0.25) is 9.59 Å². The van der Waals surface area contributed by atoms with E-state index in [9.17, 15) is 9.59 Å². The SMILES string of the molecule is CCCCN1CC(C(=O)Nc2cccc(Cl)c2C)CC1=O. The molecule has 1 N–H and O–H groups in total. The van der Waals surface area contributed by atoms with Crippen LogP contribution >= 0.6 is 11.6 Å². The van der Waals surface area contributed by atoms with Gasteiger partial charge in [0.1, 0.15) is 0 Å². The molecule has 1 saturated heterocycles. The van der Waals surface area contributed by atoms with Crippen molar-refractivity contribution in [1.29, 1.82) is 0 Å². The maximum atomic E-state index is 12.3. The summed E-state index contributed by atoms with van der Waals surface area (Å²) in [7, 11) is 0. The lowest BCUT2D eigenvalue weighted by Crippen LogP contribution is -2.29. The fraction of sp³-hybridized carbons (Fsp3) is 0.500. The first-order valence-electron chi connectivity index (χ1n) is 7.36. The van der Waals surface area contributed by atoms with Gasteiger partial charge in [0, 0.05) is 30.2 Å². The fourth-order valence-electron chi connectivity index (χ4n) is 2.49. The Morgan fingerprint density at radius 3 is 2.95 bits per heavy atom. The van der Waals surface area contributed by atoms with E-state index in [1.54, 1.807) is 17.0 Å². The molecule has 0 aromatic heterocycles. The maximum Gasteiger partial charge on any atom is 0.229 e. The molecule has 1 unspecified atom stereocenters. The predicted molar refractivity (Wildman–Crippen MR) is 84.4 cm³/mol. The molecule has 0 spiro atoms. The number of benzene rings is 1. The minimum Gasteiger partial charge on any atom is -0.342 e. The highest BCUT2D eigenvalue weighted by Crippen LogP contribution is 2.25. The van der Waals surface area contributed by atoms with E-state index in [-0.39, 0.29) is 17.7 Å². The van der Waals surface area contributed by atoms with Gasteiger partial charge in [0.15, 0.2) is 0 Å². The third-order valence-electron chi connectivity index (χ3n) is 3.89. The van der Waals surface area contributed by atoms with Gasteiger partial charge in [-0.2, -0.15) is 0 Å². The third-order valence-corrected chi connectivity index (χ3v) is 4.30. The van der Waals surface area contributed by atoms with Gasteiger partial charge in [-0.05, 0) is 31.0 Å². The number of hydrogen-bond acceptors (Lipinski definition) is 2. The zero-order chi connectivity index (χ0) is 15.4. The zero-order valence-corrected chi connectivity index (χ0v) is 13.2. The van der Waals surface area contributed by atoms with Crippen molar-refractivity contribution in [2.45, 2.75) is 33.1 Å². The number of nitrogens with one attached hydrogen (secondary N) is 1. The van der Waals surface area contributed by atoms with Crippen LogP contribution in [0, 0.1) is 12.8 Å². The number of carbonyl (C=O) groups is 2. The molecular formula is C16H21ClN2O2. The lowest BCUT2D eigenvalue weighted by Gasteiger charge is -2.16. The Labute approximate surface area is 130 Å². The summed E-state index contributed by atoms with van der Waals surface area (Å²) >= 11 is 6.05. The van der Waals surface area contributed by atoms with Crippen LogP contribution in [0.15, 0.2) is 18.2 Å². The van der Waals surface area contributed by atoms with E-state index >= 15 is 0 Å². The molecular weight excluding hydrogens is 288 g/mol. The molecule has 0 bridgehead atoms. The van der Waals surface area contributed by atoms with Crippen molar-refractivity contribution >= 4 is 29.1 Å². The molecule has 2 amide bonds. The highest BCUT2D eigenvalue weighted by Gasteiger charge is 2.33. The van der Waals surface area contributed by atoms with Gasteiger partial charge in [0.25, 0.3) is 0 Å². The van der Waals surface area contributed by atoms with E-state index in [1.807, 2.05) is 13.0 Å². The molecule has 1 aromatic carbocycles. The van der Waals surface area contributed by atoms with E-state index in [4.69, 9.17) is 11.6 Å². The molecule has 5 heteroatoms. The van der Waals surface area contributed by atoms with Crippen LogP contribution in [-0.4, -0.2) is 29.8 Å². The van der Waals surface area contributed by atoms with Crippen LogP contribution in [0.3, 0.4) is 0 Å². The number of anilines is 1. The Kier molecular flexibility index (Phi) is 5.23. The van der Waals surface area contributed by atoms with Crippen molar-refractivity contribution < 1.29 is 9.59 Å². The first-order valence-corrected chi connectivity index (χ1v) is 7.74. The van der Waals surface area contributed by atoms with Gasteiger partial charge in [0.05, 0.1) is 5.92 Å². The molecule has 4 nitrogen and oxygen atoms in total. The Bertz CT molecular complexity index is 545. The molecule has 21 heavy (non-hydrogen) atoms. The van der Waals surface area contributed by atoms with Gasteiger partial charge in [0.2, 0.25) is 11.8 Å². The van der Waals surface area contributed by atoms with Crippen LogP contribution in [0.25, 0.3) is 0 Å². The van der Waals surface area contributed by atoms with Crippen molar-refractivity contribution in [1.82, 2.24) is 4.90 Å². The zero-order valence-electron chi connectivity index (χ0n) is 12.5. The lowest BCUT2D eigenvalue weighted by molar-refractivity contribution is -0.128. The largest absolute Gasteiger partial charge is 0.342 e. The second-order valence-corrected chi connectivity index (χ2v) is 5.90. The smallest absolute Gasteiger partial charge is 0.229 e. The molecule has 0 saturated carbocycles. The standard InChI is InChI=1S/C16H21ClN2O2/c1-3-4-8-19-10-12(9-15(19)20)16(21)18-14-7-5-6-13(17)11(14)2/h5-7,12H,3-4,8-10H2,1-2H3,(H,18,21). The first-order chi connectivity index (χ1) is 10.0. The summed E-state index contributed by atoms with van der Waals surface area (Å²) in [6.45, 7) is 5.22. The van der Waals surface area contributed by atoms with Crippen LogP contribution in [0.1, 0.15) is 31.7 Å². The topological polar surface area (TPSA) is 49.4 Å². The quantitative estimate of drug-likeness (QED) is 0.908.